The van der Waals surface area contributed by atoms with Gasteiger partial charge < -0.3 is 24.8 Å². The normalized spacial score (nSPS) is 15.2. The molecule has 7 heteroatoms. The Bertz CT molecular complexity index is 756. The van der Waals surface area contributed by atoms with E-state index in [1.54, 1.807) is 14.2 Å². The largest absolute Gasteiger partial charge is 0.497 e. The van der Waals surface area contributed by atoms with Gasteiger partial charge in [0, 0.05) is 18.9 Å². The molecule has 0 saturated carbocycles. The van der Waals surface area contributed by atoms with Gasteiger partial charge in [0.05, 0.1) is 19.1 Å². The molecule has 2 N–H and O–H groups in total. The lowest BCUT2D eigenvalue weighted by Gasteiger charge is -2.35. The van der Waals surface area contributed by atoms with Gasteiger partial charge in [0.25, 0.3) is 0 Å². The lowest BCUT2D eigenvalue weighted by Crippen LogP contribution is -2.47. The van der Waals surface area contributed by atoms with Crippen molar-refractivity contribution in [3.63, 3.8) is 0 Å². The van der Waals surface area contributed by atoms with Gasteiger partial charge in [-0.15, -0.1) is 12.4 Å². The van der Waals surface area contributed by atoms with Gasteiger partial charge in [-0.2, -0.15) is 0 Å². The topological polar surface area (TPSA) is 68.8 Å². The fraction of sp³-hybridized carbons (Fsp3) is 0.381. The van der Waals surface area contributed by atoms with Gasteiger partial charge in [-0.05, 0) is 62.3 Å². The van der Waals surface area contributed by atoms with Crippen molar-refractivity contribution in [3.05, 3.63) is 48.5 Å². The molecule has 28 heavy (non-hydrogen) atoms. The van der Waals surface area contributed by atoms with Crippen LogP contribution in [0.3, 0.4) is 0 Å². The van der Waals surface area contributed by atoms with Crippen LogP contribution in [0.2, 0.25) is 0 Å². The van der Waals surface area contributed by atoms with Crippen molar-refractivity contribution >= 4 is 24.0 Å². The van der Waals surface area contributed by atoms with Crippen LogP contribution in [0.25, 0.3) is 0 Å². The fourth-order valence-corrected chi connectivity index (χ4v) is 3.29. The lowest BCUT2D eigenvalue weighted by atomic mass is 9.78. The molecule has 0 spiro atoms. The summed E-state index contributed by atoms with van der Waals surface area (Å²) in [6.07, 6.45) is 1.54. The summed E-state index contributed by atoms with van der Waals surface area (Å²) in [6, 6.07) is 14.8. The number of methoxy groups -OCH3 is 2. The molecule has 0 aliphatic carbocycles. The second-order valence-electron chi connectivity index (χ2n) is 6.72. The molecule has 152 valence electrons. The Hall–Kier alpha value is -2.28. The first-order chi connectivity index (χ1) is 13.1. The third-order valence-corrected chi connectivity index (χ3v) is 4.85. The van der Waals surface area contributed by atoms with Gasteiger partial charge in [-0.3, -0.25) is 4.79 Å². The van der Waals surface area contributed by atoms with Gasteiger partial charge >= 0.3 is 0 Å². The summed E-state index contributed by atoms with van der Waals surface area (Å²) < 4.78 is 16.4. The van der Waals surface area contributed by atoms with Crippen molar-refractivity contribution < 1.29 is 19.0 Å². The van der Waals surface area contributed by atoms with Crippen LogP contribution in [0, 0.1) is 5.41 Å². The molecule has 0 radical (unpaired) electrons. The maximum atomic E-state index is 12.9. The van der Waals surface area contributed by atoms with Crippen molar-refractivity contribution in [3.8, 4) is 17.2 Å². The summed E-state index contributed by atoms with van der Waals surface area (Å²) >= 11 is 0. The number of piperidine rings is 1. The molecule has 0 bridgehead atoms. The zero-order chi connectivity index (χ0) is 19.1. The Kier molecular flexibility index (Phi) is 8.11. The highest BCUT2D eigenvalue weighted by Crippen LogP contribution is 2.31. The van der Waals surface area contributed by atoms with E-state index in [4.69, 9.17) is 14.2 Å². The molecule has 2 aromatic rings. The first-order valence-corrected chi connectivity index (χ1v) is 9.08. The van der Waals surface area contributed by atoms with E-state index in [9.17, 15) is 4.79 Å². The second-order valence-corrected chi connectivity index (χ2v) is 6.72. The predicted molar refractivity (Wildman–Crippen MR) is 112 cm³/mol. The average molecular weight is 407 g/mol. The summed E-state index contributed by atoms with van der Waals surface area (Å²) in [7, 11) is 3.26. The number of hydrogen-bond donors (Lipinski definition) is 2. The Morgan fingerprint density at radius 2 is 1.71 bits per heavy atom. The number of nitrogens with one attached hydrogen (secondary N) is 2. The summed E-state index contributed by atoms with van der Waals surface area (Å²) in [5, 5.41) is 6.32. The number of ether oxygens (including phenoxy) is 3. The monoisotopic (exact) mass is 406 g/mol. The van der Waals surface area contributed by atoms with Gasteiger partial charge in [0.2, 0.25) is 5.91 Å². The summed E-state index contributed by atoms with van der Waals surface area (Å²) in [5.74, 6) is 2.13. The van der Waals surface area contributed by atoms with Crippen LogP contribution < -0.4 is 20.1 Å². The molecular weight excluding hydrogens is 380 g/mol. The summed E-state index contributed by atoms with van der Waals surface area (Å²) in [5.41, 5.74) is 0.266. The molecule has 1 saturated heterocycles. The van der Waals surface area contributed by atoms with Gasteiger partial charge in [-0.25, -0.2) is 0 Å². The number of benzene rings is 2. The maximum absolute atomic E-state index is 12.9. The Morgan fingerprint density at radius 1 is 1.04 bits per heavy atom. The molecule has 2 aromatic carbocycles. The number of anilines is 1. The molecule has 1 amide bonds. The van der Waals surface area contributed by atoms with Crippen LogP contribution in [0.15, 0.2) is 48.5 Å². The number of halogens is 1. The average Bonchev–Trinajstić information content (AvgIpc) is 2.70. The van der Waals surface area contributed by atoms with E-state index in [0.717, 1.165) is 37.4 Å². The molecule has 0 unspecified atom stereocenters. The standard InChI is InChI=1S/C21H26N2O4.ClH/c1-25-15-21(10-12-22-13-11-21)20(24)23-16-6-8-17(9-7-16)27-19-5-3-4-18(14-19)26-2;/h3-9,14,22H,10-13,15H2,1-2H3,(H,23,24);1H. The number of carbonyl (C=O) groups is 1. The molecule has 3 rings (SSSR count). The van der Waals surface area contributed by atoms with Gasteiger partial charge in [0.1, 0.15) is 17.2 Å². The smallest absolute Gasteiger partial charge is 0.233 e. The minimum Gasteiger partial charge on any atom is -0.497 e. The molecule has 0 aromatic heterocycles. The molecule has 1 aliphatic heterocycles. The van der Waals surface area contributed by atoms with Crippen molar-refractivity contribution in [1.29, 1.82) is 0 Å². The highest BCUT2D eigenvalue weighted by Gasteiger charge is 2.39. The van der Waals surface area contributed by atoms with E-state index < -0.39 is 5.41 Å². The Labute approximate surface area is 172 Å². The number of hydrogen-bond acceptors (Lipinski definition) is 5. The highest BCUT2D eigenvalue weighted by atomic mass is 35.5. The number of carbonyl (C=O) groups excluding carboxylic acids is 1. The van der Waals surface area contributed by atoms with E-state index >= 15 is 0 Å². The van der Waals surface area contributed by atoms with Crippen molar-refractivity contribution in [2.24, 2.45) is 5.41 Å². The maximum Gasteiger partial charge on any atom is 0.233 e. The third-order valence-electron chi connectivity index (χ3n) is 4.85. The van der Waals surface area contributed by atoms with Crippen LogP contribution in [-0.4, -0.2) is 39.8 Å². The molecule has 1 fully saturated rings. The Balaban J connectivity index is 0.00000280. The first kappa shape index (κ1) is 22.0. The molecule has 1 heterocycles. The highest BCUT2D eigenvalue weighted by molar-refractivity contribution is 5.95. The Morgan fingerprint density at radius 3 is 2.36 bits per heavy atom. The van der Waals surface area contributed by atoms with E-state index in [0.29, 0.717) is 18.1 Å². The van der Waals surface area contributed by atoms with Crippen molar-refractivity contribution in [1.82, 2.24) is 5.32 Å². The van der Waals surface area contributed by atoms with Crippen LogP contribution in [0.4, 0.5) is 5.69 Å². The molecule has 6 nitrogen and oxygen atoms in total. The SMILES string of the molecule is COCC1(C(=O)Nc2ccc(Oc3cccc(OC)c3)cc2)CCNCC1.Cl. The zero-order valence-electron chi connectivity index (χ0n) is 16.2. The number of rotatable bonds is 7. The fourth-order valence-electron chi connectivity index (χ4n) is 3.29. The van der Waals surface area contributed by atoms with Crippen LogP contribution in [-0.2, 0) is 9.53 Å². The van der Waals surface area contributed by atoms with Crippen molar-refractivity contribution in [2.45, 2.75) is 12.8 Å². The molecular formula is C21H27ClN2O4. The van der Waals surface area contributed by atoms with E-state index in [1.165, 1.54) is 0 Å². The summed E-state index contributed by atoms with van der Waals surface area (Å²) in [6.45, 7) is 2.08. The van der Waals surface area contributed by atoms with Crippen molar-refractivity contribution in [2.75, 3.05) is 39.2 Å². The van der Waals surface area contributed by atoms with E-state index in [-0.39, 0.29) is 18.3 Å². The van der Waals surface area contributed by atoms with E-state index in [1.807, 2.05) is 48.5 Å². The second kappa shape index (κ2) is 10.3. The van der Waals surface area contributed by atoms with Gasteiger partial charge in [0.15, 0.2) is 0 Å². The minimum atomic E-state index is -0.476. The zero-order valence-corrected chi connectivity index (χ0v) is 17.0. The lowest BCUT2D eigenvalue weighted by molar-refractivity contribution is -0.130. The number of amides is 1. The molecule has 0 atom stereocenters. The summed E-state index contributed by atoms with van der Waals surface area (Å²) in [4.78, 5) is 12.9. The van der Waals surface area contributed by atoms with Crippen LogP contribution in [0.1, 0.15) is 12.8 Å². The van der Waals surface area contributed by atoms with Gasteiger partial charge in [-0.1, -0.05) is 6.07 Å². The van der Waals surface area contributed by atoms with Crippen LogP contribution in [0.5, 0.6) is 17.2 Å². The van der Waals surface area contributed by atoms with Crippen LogP contribution >= 0.6 is 12.4 Å². The predicted octanol–water partition coefficient (Wildman–Crippen LogP) is 3.86. The third kappa shape index (κ3) is 5.38. The first-order valence-electron chi connectivity index (χ1n) is 9.08. The quantitative estimate of drug-likeness (QED) is 0.730. The molecule has 1 aliphatic rings. The minimum absolute atomic E-state index is 0. The van der Waals surface area contributed by atoms with E-state index in [2.05, 4.69) is 10.6 Å².